The van der Waals surface area contributed by atoms with Crippen molar-refractivity contribution < 1.29 is 9.53 Å². The van der Waals surface area contributed by atoms with E-state index in [1.807, 2.05) is 24.3 Å². The number of hydrogen-bond donors (Lipinski definition) is 1. The van der Waals surface area contributed by atoms with Gasteiger partial charge in [-0.1, -0.05) is 29.8 Å². The summed E-state index contributed by atoms with van der Waals surface area (Å²) in [6, 6.07) is 7.47. The topological polar surface area (TPSA) is 38.3 Å². The van der Waals surface area contributed by atoms with E-state index in [9.17, 15) is 4.79 Å². The summed E-state index contributed by atoms with van der Waals surface area (Å²) in [6.45, 7) is 0. The maximum Gasteiger partial charge on any atom is 0.227 e. The summed E-state index contributed by atoms with van der Waals surface area (Å²) in [5, 5.41) is 3.53. The van der Waals surface area contributed by atoms with E-state index in [1.165, 1.54) is 0 Å². The van der Waals surface area contributed by atoms with Crippen LogP contribution in [0.3, 0.4) is 0 Å². The molecule has 0 radical (unpaired) electrons. The van der Waals surface area contributed by atoms with Gasteiger partial charge in [-0.15, -0.1) is 0 Å². The van der Waals surface area contributed by atoms with Crippen LogP contribution in [0.15, 0.2) is 24.3 Å². The molecule has 1 aromatic carbocycles. The SMILES string of the molecule is O=C1N[C@H](c2ccccc2Cl)O[C@H]2CCC[C@@H]12. The molecule has 2 fully saturated rings. The summed E-state index contributed by atoms with van der Waals surface area (Å²) < 4.78 is 5.93. The lowest BCUT2D eigenvalue weighted by Gasteiger charge is -2.33. The first kappa shape index (κ1) is 11.1. The summed E-state index contributed by atoms with van der Waals surface area (Å²) in [5.41, 5.74) is 0.841. The smallest absolute Gasteiger partial charge is 0.227 e. The Balaban J connectivity index is 1.86. The lowest BCUT2D eigenvalue weighted by molar-refractivity contribution is -0.150. The van der Waals surface area contributed by atoms with Crippen LogP contribution in [0.2, 0.25) is 5.02 Å². The summed E-state index contributed by atoms with van der Waals surface area (Å²) in [6.07, 6.45) is 2.64. The van der Waals surface area contributed by atoms with Gasteiger partial charge < -0.3 is 10.1 Å². The summed E-state index contributed by atoms with van der Waals surface area (Å²) in [5.74, 6) is 0.136. The average Bonchev–Trinajstić information content (AvgIpc) is 2.78. The standard InChI is InChI=1S/C13H14ClNO2/c14-10-6-2-1-4-8(10)13-15-12(16)9-5-3-7-11(9)17-13/h1-2,4,6,9,11,13H,3,5,7H2,(H,15,16)/t9-,11+,13+/m1/s1. The van der Waals surface area contributed by atoms with E-state index in [4.69, 9.17) is 16.3 Å². The Morgan fingerprint density at radius 1 is 1.29 bits per heavy atom. The zero-order valence-electron chi connectivity index (χ0n) is 9.36. The van der Waals surface area contributed by atoms with E-state index in [1.54, 1.807) is 0 Å². The van der Waals surface area contributed by atoms with Crippen molar-refractivity contribution >= 4 is 17.5 Å². The van der Waals surface area contributed by atoms with Crippen molar-refractivity contribution in [3.8, 4) is 0 Å². The number of hydrogen-bond acceptors (Lipinski definition) is 2. The number of rotatable bonds is 1. The van der Waals surface area contributed by atoms with Crippen molar-refractivity contribution in [2.24, 2.45) is 5.92 Å². The highest BCUT2D eigenvalue weighted by Crippen LogP contribution is 2.37. The van der Waals surface area contributed by atoms with Gasteiger partial charge in [-0.3, -0.25) is 4.79 Å². The number of amides is 1. The molecule has 3 rings (SSSR count). The Morgan fingerprint density at radius 2 is 2.12 bits per heavy atom. The third kappa shape index (κ3) is 1.94. The van der Waals surface area contributed by atoms with Gasteiger partial charge in [-0.2, -0.15) is 0 Å². The third-order valence-corrected chi connectivity index (χ3v) is 3.91. The van der Waals surface area contributed by atoms with Crippen LogP contribution >= 0.6 is 11.6 Å². The van der Waals surface area contributed by atoms with Gasteiger partial charge in [-0.05, 0) is 25.3 Å². The van der Waals surface area contributed by atoms with Crippen LogP contribution in [0.1, 0.15) is 31.1 Å². The Morgan fingerprint density at radius 3 is 2.94 bits per heavy atom. The molecule has 3 nitrogen and oxygen atoms in total. The number of carbonyl (C=O) groups excluding carboxylic acids is 1. The molecule has 1 N–H and O–H groups in total. The largest absolute Gasteiger partial charge is 0.350 e. The molecule has 1 saturated heterocycles. The molecule has 17 heavy (non-hydrogen) atoms. The van der Waals surface area contributed by atoms with Gasteiger partial charge in [0.15, 0.2) is 6.23 Å². The van der Waals surface area contributed by atoms with E-state index >= 15 is 0 Å². The number of fused-ring (bicyclic) bond motifs is 1. The van der Waals surface area contributed by atoms with Gasteiger partial charge in [0, 0.05) is 10.6 Å². The lowest BCUT2D eigenvalue weighted by Crippen LogP contribution is -2.46. The molecule has 4 heteroatoms. The van der Waals surface area contributed by atoms with Crippen LogP contribution in [-0.4, -0.2) is 12.0 Å². The zero-order valence-corrected chi connectivity index (χ0v) is 10.1. The van der Waals surface area contributed by atoms with E-state index < -0.39 is 6.23 Å². The average molecular weight is 252 g/mol. The molecule has 1 aliphatic carbocycles. The Labute approximate surface area is 105 Å². The van der Waals surface area contributed by atoms with Gasteiger partial charge in [0.2, 0.25) is 5.91 Å². The van der Waals surface area contributed by atoms with Crippen LogP contribution in [0.5, 0.6) is 0 Å². The molecular weight excluding hydrogens is 238 g/mol. The van der Waals surface area contributed by atoms with Crippen LogP contribution in [0, 0.1) is 5.92 Å². The molecule has 0 unspecified atom stereocenters. The minimum Gasteiger partial charge on any atom is -0.350 e. The molecule has 0 bridgehead atoms. The normalized spacial score (nSPS) is 32.1. The molecule has 0 spiro atoms. The van der Waals surface area contributed by atoms with Gasteiger partial charge in [0.05, 0.1) is 12.0 Å². The number of nitrogens with one attached hydrogen (secondary N) is 1. The molecule has 2 aliphatic rings. The second-order valence-corrected chi connectivity index (χ2v) is 5.03. The maximum absolute atomic E-state index is 11.9. The minimum absolute atomic E-state index is 0.0359. The molecule has 1 amide bonds. The molecule has 90 valence electrons. The molecule has 1 aliphatic heterocycles. The molecule has 1 heterocycles. The van der Waals surface area contributed by atoms with Crippen molar-refractivity contribution in [2.45, 2.75) is 31.6 Å². The van der Waals surface area contributed by atoms with E-state index in [0.29, 0.717) is 5.02 Å². The van der Waals surface area contributed by atoms with E-state index in [2.05, 4.69) is 5.32 Å². The predicted molar refractivity (Wildman–Crippen MR) is 64.5 cm³/mol. The van der Waals surface area contributed by atoms with Crippen molar-refractivity contribution in [3.05, 3.63) is 34.9 Å². The quantitative estimate of drug-likeness (QED) is 0.833. The second kappa shape index (κ2) is 4.31. The minimum atomic E-state index is -0.393. The maximum atomic E-state index is 11.9. The first-order chi connectivity index (χ1) is 8.25. The number of halogens is 1. The first-order valence-corrected chi connectivity index (χ1v) is 6.34. The van der Waals surface area contributed by atoms with Gasteiger partial charge in [0.25, 0.3) is 0 Å². The van der Waals surface area contributed by atoms with Crippen LogP contribution in [0.25, 0.3) is 0 Å². The molecule has 3 atom stereocenters. The fourth-order valence-corrected chi connectivity index (χ4v) is 2.91. The highest BCUT2D eigenvalue weighted by molar-refractivity contribution is 6.31. The van der Waals surface area contributed by atoms with Crippen molar-refractivity contribution in [1.82, 2.24) is 5.32 Å². The molecule has 0 aromatic heterocycles. The molecule has 1 aromatic rings. The molecular formula is C13H14ClNO2. The van der Waals surface area contributed by atoms with E-state index in [-0.39, 0.29) is 17.9 Å². The first-order valence-electron chi connectivity index (χ1n) is 5.96. The van der Waals surface area contributed by atoms with Gasteiger partial charge in [0.1, 0.15) is 0 Å². The Hall–Kier alpha value is -1.06. The summed E-state index contributed by atoms with van der Waals surface area (Å²) in [7, 11) is 0. The Kier molecular flexibility index (Phi) is 2.81. The van der Waals surface area contributed by atoms with Crippen LogP contribution in [0.4, 0.5) is 0 Å². The summed E-state index contributed by atoms with van der Waals surface area (Å²) >= 11 is 6.12. The Bertz CT molecular complexity index is 449. The number of ether oxygens (including phenoxy) is 1. The van der Waals surface area contributed by atoms with E-state index in [0.717, 1.165) is 24.8 Å². The van der Waals surface area contributed by atoms with Crippen molar-refractivity contribution in [2.75, 3.05) is 0 Å². The molecule has 1 saturated carbocycles. The second-order valence-electron chi connectivity index (χ2n) is 4.62. The highest BCUT2D eigenvalue weighted by Gasteiger charge is 2.41. The summed E-state index contributed by atoms with van der Waals surface area (Å²) in [4.78, 5) is 11.9. The van der Waals surface area contributed by atoms with Gasteiger partial charge in [-0.25, -0.2) is 0 Å². The fourth-order valence-electron chi connectivity index (χ4n) is 2.67. The number of carbonyl (C=O) groups is 1. The van der Waals surface area contributed by atoms with Crippen LogP contribution in [-0.2, 0) is 9.53 Å². The predicted octanol–water partition coefficient (Wildman–Crippen LogP) is 2.65. The fraction of sp³-hybridized carbons (Fsp3) is 0.462. The van der Waals surface area contributed by atoms with Gasteiger partial charge >= 0.3 is 0 Å². The van der Waals surface area contributed by atoms with Crippen molar-refractivity contribution in [3.63, 3.8) is 0 Å². The van der Waals surface area contributed by atoms with Crippen LogP contribution < -0.4 is 5.32 Å². The zero-order chi connectivity index (χ0) is 11.8. The van der Waals surface area contributed by atoms with Crippen molar-refractivity contribution in [1.29, 1.82) is 0 Å². The third-order valence-electron chi connectivity index (χ3n) is 3.56. The highest BCUT2D eigenvalue weighted by atomic mass is 35.5. The number of benzene rings is 1. The monoisotopic (exact) mass is 251 g/mol. The lowest BCUT2D eigenvalue weighted by atomic mass is 10.0.